The lowest BCUT2D eigenvalue weighted by atomic mass is 9.97. The van der Waals surface area contributed by atoms with Crippen LogP contribution >= 0.6 is 0 Å². The van der Waals surface area contributed by atoms with E-state index in [1.165, 1.54) is 24.3 Å². The van der Waals surface area contributed by atoms with Gasteiger partial charge in [-0.15, -0.1) is 0 Å². The van der Waals surface area contributed by atoms with Gasteiger partial charge in [-0.3, -0.25) is 9.97 Å². The van der Waals surface area contributed by atoms with E-state index in [2.05, 4.69) is 9.97 Å². The molecule has 3 aromatic carbocycles. The summed E-state index contributed by atoms with van der Waals surface area (Å²) in [4.78, 5) is 8.28. The summed E-state index contributed by atoms with van der Waals surface area (Å²) in [5.41, 5.74) is -6.70. The Morgan fingerprint density at radius 2 is 0.643 bits per heavy atom. The van der Waals surface area contributed by atoms with Gasteiger partial charge < -0.3 is 0 Å². The van der Waals surface area contributed by atoms with E-state index in [9.17, 15) is 52.7 Å². The van der Waals surface area contributed by atoms with Crippen molar-refractivity contribution in [1.82, 2.24) is 9.97 Å². The fraction of sp³-hybridized carbons (Fsp3) is 0.143. The number of hydrogen-bond acceptors (Lipinski definition) is 2. The van der Waals surface area contributed by atoms with Crippen LogP contribution < -0.4 is 0 Å². The molecule has 0 aliphatic rings. The van der Waals surface area contributed by atoms with Crippen molar-refractivity contribution in [1.29, 1.82) is 0 Å². The molecule has 42 heavy (non-hydrogen) atoms. The van der Waals surface area contributed by atoms with Crippen molar-refractivity contribution < 1.29 is 52.7 Å². The first kappa shape index (κ1) is 29.1. The Balaban J connectivity index is 1.61. The van der Waals surface area contributed by atoms with Gasteiger partial charge in [-0.1, -0.05) is 12.1 Å². The highest BCUT2D eigenvalue weighted by Crippen LogP contribution is 2.41. The average Bonchev–Trinajstić information content (AvgIpc) is 2.90. The molecular weight excluding hydrogens is 592 g/mol. The molecule has 0 unspecified atom stereocenters. The molecule has 14 heteroatoms. The second-order valence-electron chi connectivity index (χ2n) is 9.25. The number of rotatable bonds is 2. The molecule has 2 heterocycles. The summed E-state index contributed by atoms with van der Waals surface area (Å²) in [5.74, 6) is 0. The van der Waals surface area contributed by atoms with Crippen LogP contribution in [-0.2, 0) is 24.7 Å². The first-order valence-electron chi connectivity index (χ1n) is 11.6. The van der Waals surface area contributed by atoms with Crippen molar-refractivity contribution in [2.45, 2.75) is 24.7 Å². The zero-order chi connectivity index (χ0) is 30.8. The molecule has 0 bridgehead atoms. The highest BCUT2D eigenvalue weighted by atomic mass is 19.4. The van der Waals surface area contributed by atoms with Crippen LogP contribution in [0.1, 0.15) is 22.3 Å². The molecule has 0 saturated heterocycles. The fourth-order valence-corrected chi connectivity index (χ4v) is 4.35. The van der Waals surface area contributed by atoms with Crippen molar-refractivity contribution in [3.05, 3.63) is 95.3 Å². The molecule has 0 saturated carbocycles. The van der Waals surface area contributed by atoms with Crippen LogP contribution in [-0.4, -0.2) is 9.97 Å². The van der Waals surface area contributed by atoms with Crippen LogP contribution in [0.4, 0.5) is 52.7 Å². The minimum Gasteiger partial charge on any atom is -0.253 e. The van der Waals surface area contributed by atoms with Crippen molar-refractivity contribution in [2.24, 2.45) is 0 Å². The van der Waals surface area contributed by atoms with Crippen LogP contribution in [0.3, 0.4) is 0 Å². The number of halogens is 12. The highest BCUT2D eigenvalue weighted by molar-refractivity contribution is 6.04. The molecule has 0 radical (unpaired) electrons. The third-order valence-electron chi connectivity index (χ3n) is 6.34. The highest BCUT2D eigenvalue weighted by Gasteiger charge is 2.38. The molecule has 5 rings (SSSR count). The summed E-state index contributed by atoms with van der Waals surface area (Å²) in [6, 6.07) is 7.55. The molecule has 0 aliphatic heterocycles. The first-order valence-corrected chi connectivity index (χ1v) is 11.6. The second-order valence-corrected chi connectivity index (χ2v) is 9.25. The molecule has 0 fully saturated rings. The maximum absolute atomic E-state index is 13.3. The number of hydrogen-bond donors (Lipinski definition) is 0. The zero-order valence-electron chi connectivity index (χ0n) is 20.4. The molecule has 0 spiro atoms. The zero-order valence-corrected chi connectivity index (χ0v) is 20.4. The molecule has 218 valence electrons. The Kier molecular flexibility index (Phi) is 6.66. The normalized spacial score (nSPS) is 13.2. The molecule has 2 nitrogen and oxygen atoms in total. The van der Waals surface area contributed by atoms with Crippen molar-refractivity contribution in [2.75, 3.05) is 0 Å². The molecule has 2 aromatic heterocycles. The lowest BCUT2D eigenvalue weighted by molar-refractivity contribution is -0.144. The van der Waals surface area contributed by atoms with Crippen LogP contribution in [0.25, 0.3) is 44.1 Å². The largest absolute Gasteiger partial charge is 0.416 e. The van der Waals surface area contributed by atoms with E-state index in [1.54, 1.807) is 0 Å². The lowest BCUT2D eigenvalue weighted by Gasteiger charge is -2.15. The first-order chi connectivity index (χ1) is 19.3. The standard InChI is InChI=1S/C28H12F12N2/c29-25(30,31)19-5-15(6-20(9-19)26(32,33)34)17-3-13-1-2-14-4-18(12-42-24(14)23(13)41-11-17)16-7-21(27(35,36)37)10-22(8-16)28(38,39)40/h1-12H. The minimum absolute atomic E-state index is 0.00491. The van der Waals surface area contributed by atoms with Crippen molar-refractivity contribution in [3.8, 4) is 22.3 Å². The van der Waals surface area contributed by atoms with Gasteiger partial charge in [0.2, 0.25) is 0 Å². The second kappa shape index (κ2) is 9.60. The molecule has 0 N–H and O–H groups in total. The quantitative estimate of drug-likeness (QED) is 0.148. The fourth-order valence-electron chi connectivity index (χ4n) is 4.35. The topological polar surface area (TPSA) is 25.8 Å². The molecule has 0 atom stereocenters. The van der Waals surface area contributed by atoms with E-state index in [-0.39, 0.29) is 45.1 Å². The van der Waals surface area contributed by atoms with Gasteiger partial charge in [-0.25, -0.2) is 0 Å². The van der Waals surface area contributed by atoms with Crippen LogP contribution in [0, 0.1) is 0 Å². The summed E-state index contributed by atoms with van der Waals surface area (Å²) in [6.45, 7) is 0. The number of fused-ring (bicyclic) bond motifs is 3. The van der Waals surface area contributed by atoms with Gasteiger partial charge in [0, 0.05) is 34.3 Å². The molecule has 0 aliphatic carbocycles. The maximum Gasteiger partial charge on any atom is 0.416 e. The minimum atomic E-state index is -5.06. The molecular formula is C28H12F12N2. The predicted octanol–water partition coefficient (Wildman–Crippen LogP) is 10.2. The van der Waals surface area contributed by atoms with Gasteiger partial charge in [0.1, 0.15) is 0 Å². The summed E-state index contributed by atoms with van der Waals surface area (Å²) < 4.78 is 160. The van der Waals surface area contributed by atoms with E-state index < -0.39 is 58.1 Å². The average molecular weight is 604 g/mol. The maximum atomic E-state index is 13.3. The summed E-state index contributed by atoms with van der Waals surface area (Å²) in [6.07, 6.45) is -18.2. The number of alkyl halides is 12. The van der Waals surface area contributed by atoms with Gasteiger partial charge >= 0.3 is 24.7 Å². The number of nitrogens with zero attached hydrogens (tertiary/aromatic N) is 2. The third-order valence-corrected chi connectivity index (χ3v) is 6.34. The Morgan fingerprint density at radius 3 is 0.905 bits per heavy atom. The number of pyridine rings is 2. The van der Waals surface area contributed by atoms with E-state index in [1.807, 2.05) is 0 Å². The van der Waals surface area contributed by atoms with Gasteiger partial charge in [0.05, 0.1) is 33.3 Å². The third kappa shape index (κ3) is 5.70. The van der Waals surface area contributed by atoms with Crippen molar-refractivity contribution >= 4 is 21.8 Å². The van der Waals surface area contributed by atoms with Crippen LogP contribution in [0.15, 0.2) is 73.1 Å². The Hall–Kier alpha value is -4.36. The van der Waals surface area contributed by atoms with Gasteiger partial charge in [-0.05, 0) is 59.7 Å². The van der Waals surface area contributed by atoms with E-state index in [4.69, 9.17) is 0 Å². The van der Waals surface area contributed by atoms with Crippen molar-refractivity contribution in [3.63, 3.8) is 0 Å². The molecule has 0 amide bonds. The lowest BCUT2D eigenvalue weighted by Crippen LogP contribution is -2.11. The monoisotopic (exact) mass is 604 g/mol. The van der Waals surface area contributed by atoms with Gasteiger partial charge in [0.15, 0.2) is 0 Å². The SMILES string of the molecule is FC(F)(F)c1cc(-c2cnc3c(ccc4cc(-c5cc(C(F)(F)F)cc(C(F)(F)F)c5)cnc43)c2)cc(C(F)(F)F)c1. The summed E-state index contributed by atoms with van der Waals surface area (Å²) in [5, 5.41) is 0.509. The van der Waals surface area contributed by atoms with Gasteiger partial charge in [0.25, 0.3) is 0 Å². The Labute approximate surface area is 227 Å². The van der Waals surface area contributed by atoms with Crippen LogP contribution in [0.2, 0.25) is 0 Å². The predicted molar refractivity (Wildman–Crippen MR) is 128 cm³/mol. The van der Waals surface area contributed by atoms with E-state index >= 15 is 0 Å². The summed E-state index contributed by atoms with van der Waals surface area (Å²) in [7, 11) is 0. The number of benzene rings is 3. The Morgan fingerprint density at radius 1 is 0.357 bits per heavy atom. The summed E-state index contributed by atoms with van der Waals surface area (Å²) >= 11 is 0. The van der Waals surface area contributed by atoms with Gasteiger partial charge in [-0.2, -0.15) is 52.7 Å². The number of aromatic nitrogens is 2. The van der Waals surface area contributed by atoms with E-state index in [0.29, 0.717) is 24.3 Å². The van der Waals surface area contributed by atoms with E-state index in [0.717, 1.165) is 12.4 Å². The smallest absolute Gasteiger partial charge is 0.253 e. The Bertz CT molecular complexity index is 1630. The van der Waals surface area contributed by atoms with Crippen LogP contribution in [0.5, 0.6) is 0 Å². The molecule has 5 aromatic rings.